The number of allylic oxidation sites excluding steroid dienone is 1. The zero-order valence-electron chi connectivity index (χ0n) is 19.3. The molecule has 4 rings (SSSR count). The number of urea groups is 1. The van der Waals surface area contributed by atoms with E-state index in [2.05, 4.69) is 22.4 Å². The van der Waals surface area contributed by atoms with E-state index in [1.807, 2.05) is 55.5 Å². The van der Waals surface area contributed by atoms with Gasteiger partial charge in [0, 0.05) is 17.8 Å². The van der Waals surface area contributed by atoms with Crippen LogP contribution in [0.25, 0.3) is 17.0 Å². The number of hydrogen-bond acceptors (Lipinski definition) is 6. The molecule has 1 N–H and O–H groups in total. The minimum atomic E-state index is -0.487. The summed E-state index contributed by atoms with van der Waals surface area (Å²) in [6, 6.07) is 14.6. The molecule has 2 amide bonds. The first-order valence-electron chi connectivity index (χ1n) is 11.0. The number of unbranched alkanes of at least 4 members (excludes halogenated alkanes) is 1. The van der Waals surface area contributed by atoms with Gasteiger partial charge in [-0.2, -0.15) is 4.98 Å². The summed E-state index contributed by atoms with van der Waals surface area (Å²) in [4.78, 5) is 19.4. The predicted molar refractivity (Wildman–Crippen MR) is 125 cm³/mol. The van der Waals surface area contributed by atoms with Crippen LogP contribution in [0.5, 0.6) is 11.5 Å². The van der Waals surface area contributed by atoms with Crippen molar-refractivity contribution in [1.82, 2.24) is 20.4 Å². The molecule has 8 nitrogen and oxygen atoms in total. The Kier molecular flexibility index (Phi) is 6.63. The third-order valence-electron chi connectivity index (χ3n) is 5.76. The zero-order valence-corrected chi connectivity index (χ0v) is 19.3. The van der Waals surface area contributed by atoms with E-state index in [-0.39, 0.29) is 6.03 Å². The van der Waals surface area contributed by atoms with E-state index >= 15 is 0 Å². The Morgan fingerprint density at radius 3 is 2.55 bits per heavy atom. The highest BCUT2D eigenvalue weighted by molar-refractivity contribution is 5.87. The lowest BCUT2D eigenvalue weighted by Crippen LogP contribution is -2.46. The van der Waals surface area contributed by atoms with Crippen molar-refractivity contribution < 1.29 is 18.8 Å². The number of amides is 2. The summed E-state index contributed by atoms with van der Waals surface area (Å²) in [5, 5.41) is 7.31. The van der Waals surface area contributed by atoms with E-state index in [4.69, 9.17) is 14.0 Å². The standard InChI is InChI=1S/C25H28N4O4/c1-5-6-14-29-16(2)21(24-27-23(28-33-24)17-10-8-7-9-11-17)22(26-25(29)30)18-12-13-19(31-3)20(15-18)32-4/h7-13,15,22H,5-6,14H2,1-4H3,(H,26,30). The van der Waals surface area contributed by atoms with Gasteiger partial charge in [-0.1, -0.05) is 54.9 Å². The van der Waals surface area contributed by atoms with Crippen molar-refractivity contribution >= 4 is 11.6 Å². The third-order valence-corrected chi connectivity index (χ3v) is 5.76. The highest BCUT2D eigenvalue weighted by Gasteiger charge is 2.36. The summed E-state index contributed by atoms with van der Waals surface area (Å²) >= 11 is 0. The molecule has 0 spiro atoms. The lowest BCUT2D eigenvalue weighted by Gasteiger charge is -2.35. The normalized spacial score (nSPS) is 16.1. The van der Waals surface area contributed by atoms with E-state index in [0.29, 0.717) is 29.8 Å². The summed E-state index contributed by atoms with van der Waals surface area (Å²) in [7, 11) is 3.17. The van der Waals surface area contributed by atoms with Crippen molar-refractivity contribution in [2.24, 2.45) is 0 Å². The average Bonchev–Trinajstić information content (AvgIpc) is 3.33. The molecule has 0 saturated heterocycles. The minimum Gasteiger partial charge on any atom is -0.493 e. The highest BCUT2D eigenvalue weighted by Crippen LogP contribution is 2.40. The molecule has 1 aliphatic heterocycles. The number of benzene rings is 2. The summed E-state index contributed by atoms with van der Waals surface area (Å²) in [5.74, 6) is 2.05. The molecule has 0 aliphatic carbocycles. The second-order valence-electron chi connectivity index (χ2n) is 7.79. The monoisotopic (exact) mass is 448 g/mol. The molecule has 1 aliphatic rings. The maximum Gasteiger partial charge on any atom is 0.322 e. The maximum absolute atomic E-state index is 13.0. The number of carbonyl (C=O) groups excluding carboxylic acids is 1. The number of methoxy groups -OCH3 is 2. The number of aromatic nitrogens is 2. The molecule has 0 radical (unpaired) electrons. The van der Waals surface area contributed by atoms with Crippen LogP contribution in [0.2, 0.25) is 0 Å². The van der Waals surface area contributed by atoms with E-state index in [0.717, 1.165) is 35.2 Å². The molecule has 1 unspecified atom stereocenters. The van der Waals surface area contributed by atoms with Crippen LogP contribution < -0.4 is 14.8 Å². The zero-order chi connectivity index (χ0) is 23.4. The van der Waals surface area contributed by atoms with Gasteiger partial charge in [-0.3, -0.25) is 4.90 Å². The fourth-order valence-electron chi connectivity index (χ4n) is 3.96. The summed E-state index contributed by atoms with van der Waals surface area (Å²) in [6.07, 6.45) is 1.86. The van der Waals surface area contributed by atoms with Gasteiger partial charge in [-0.15, -0.1) is 0 Å². The number of rotatable bonds is 8. The smallest absolute Gasteiger partial charge is 0.322 e. The Balaban J connectivity index is 1.81. The van der Waals surface area contributed by atoms with Crippen LogP contribution >= 0.6 is 0 Å². The number of nitrogens with zero attached hydrogens (tertiary/aromatic N) is 3. The van der Waals surface area contributed by atoms with Crippen molar-refractivity contribution in [3.8, 4) is 22.9 Å². The van der Waals surface area contributed by atoms with Gasteiger partial charge in [0.2, 0.25) is 5.82 Å². The Morgan fingerprint density at radius 2 is 1.85 bits per heavy atom. The second-order valence-corrected chi connectivity index (χ2v) is 7.79. The topological polar surface area (TPSA) is 89.7 Å². The van der Waals surface area contributed by atoms with Gasteiger partial charge in [0.05, 0.1) is 25.8 Å². The summed E-state index contributed by atoms with van der Waals surface area (Å²) < 4.78 is 16.6. The van der Waals surface area contributed by atoms with E-state index in [1.165, 1.54) is 0 Å². The molecule has 0 bridgehead atoms. The van der Waals surface area contributed by atoms with E-state index < -0.39 is 6.04 Å². The molecule has 1 atom stereocenters. The van der Waals surface area contributed by atoms with Crippen molar-refractivity contribution in [2.75, 3.05) is 20.8 Å². The largest absolute Gasteiger partial charge is 0.493 e. The van der Waals surface area contributed by atoms with Crippen LogP contribution in [0.4, 0.5) is 4.79 Å². The average molecular weight is 449 g/mol. The molecule has 8 heteroatoms. The van der Waals surface area contributed by atoms with Crippen LogP contribution in [-0.4, -0.2) is 41.8 Å². The molecule has 0 saturated carbocycles. The minimum absolute atomic E-state index is 0.160. The molecule has 33 heavy (non-hydrogen) atoms. The molecule has 1 aromatic heterocycles. The maximum atomic E-state index is 13.0. The summed E-state index contributed by atoms with van der Waals surface area (Å²) in [6.45, 7) is 4.62. The lowest BCUT2D eigenvalue weighted by atomic mass is 9.94. The van der Waals surface area contributed by atoms with Crippen molar-refractivity contribution in [3.63, 3.8) is 0 Å². The number of ether oxygens (including phenoxy) is 2. The van der Waals surface area contributed by atoms with E-state index in [9.17, 15) is 4.79 Å². The van der Waals surface area contributed by atoms with Crippen LogP contribution in [0.15, 0.2) is 58.8 Å². The fourth-order valence-corrected chi connectivity index (χ4v) is 3.96. The van der Waals surface area contributed by atoms with Gasteiger partial charge in [-0.25, -0.2) is 4.79 Å². The molecule has 0 fully saturated rings. The van der Waals surface area contributed by atoms with Crippen LogP contribution in [-0.2, 0) is 0 Å². The molecule has 3 aromatic rings. The van der Waals surface area contributed by atoms with Gasteiger partial charge in [0.1, 0.15) is 0 Å². The van der Waals surface area contributed by atoms with E-state index in [1.54, 1.807) is 19.1 Å². The first-order chi connectivity index (χ1) is 16.1. The Morgan fingerprint density at radius 1 is 1.09 bits per heavy atom. The Labute approximate surface area is 193 Å². The van der Waals surface area contributed by atoms with Crippen molar-refractivity contribution in [2.45, 2.75) is 32.7 Å². The Bertz CT molecular complexity index is 1160. The highest BCUT2D eigenvalue weighted by atomic mass is 16.5. The van der Waals surface area contributed by atoms with Crippen molar-refractivity contribution in [3.05, 3.63) is 65.7 Å². The quantitative estimate of drug-likeness (QED) is 0.519. The molecule has 172 valence electrons. The van der Waals surface area contributed by atoms with Crippen LogP contribution in [0.1, 0.15) is 44.2 Å². The summed E-state index contributed by atoms with van der Waals surface area (Å²) in [5.41, 5.74) is 3.23. The van der Waals surface area contributed by atoms with Gasteiger partial charge in [0.25, 0.3) is 5.89 Å². The van der Waals surface area contributed by atoms with Crippen molar-refractivity contribution in [1.29, 1.82) is 0 Å². The fraction of sp³-hybridized carbons (Fsp3) is 0.320. The SMILES string of the molecule is CCCCN1C(=O)NC(c2ccc(OC)c(OC)c2)C(c2nc(-c3ccccc3)no2)=C1C. The Hall–Kier alpha value is -3.81. The number of carbonyl (C=O) groups is 1. The number of nitrogens with one attached hydrogen (secondary N) is 1. The van der Waals surface area contributed by atoms with Crippen LogP contribution in [0, 0.1) is 0 Å². The molecule has 2 aromatic carbocycles. The van der Waals surface area contributed by atoms with Crippen LogP contribution in [0.3, 0.4) is 0 Å². The molecular weight excluding hydrogens is 420 g/mol. The first kappa shape index (κ1) is 22.4. The van der Waals surface area contributed by atoms with Gasteiger partial charge in [-0.05, 0) is 31.0 Å². The molecule has 2 heterocycles. The lowest BCUT2D eigenvalue weighted by molar-refractivity contribution is 0.204. The first-order valence-corrected chi connectivity index (χ1v) is 11.0. The van der Waals surface area contributed by atoms with Gasteiger partial charge < -0.3 is 19.3 Å². The molecular formula is C25H28N4O4. The second kappa shape index (κ2) is 9.77. The predicted octanol–water partition coefficient (Wildman–Crippen LogP) is 5.05. The van der Waals surface area contributed by atoms with Gasteiger partial charge in [0.15, 0.2) is 11.5 Å². The number of hydrogen-bond donors (Lipinski definition) is 1. The van der Waals surface area contributed by atoms with Gasteiger partial charge >= 0.3 is 6.03 Å². The third kappa shape index (κ3) is 4.41.